The van der Waals surface area contributed by atoms with Crippen molar-refractivity contribution >= 4 is 41.3 Å². The zero-order valence-electron chi connectivity index (χ0n) is 16.6. The monoisotopic (exact) mass is 502 g/mol. The molecule has 0 spiro atoms. The molecule has 0 radical (unpaired) electrons. The van der Waals surface area contributed by atoms with Crippen LogP contribution in [0.3, 0.4) is 0 Å². The summed E-state index contributed by atoms with van der Waals surface area (Å²) in [5, 5.41) is 7.80. The van der Waals surface area contributed by atoms with Crippen LogP contribution in [0.1, 0.15) is 35.0 Å². The first-order valence-corrected chi connectivity index (χ1v) is 9.96. The molecule has 27 heavy (non-hydrogen) atoms. The molecule has 1 unspecified atom stereocenters. The minimum Gasteiger partial charge on any atom is -0.376 e. The van der Waals surface area contributed by atoms with Gasteiger partial charge < -0.3 is 15.4 Å². The van der Waals surface area contributed by atoms with Crippen molar-refractivity contribution in [1.29, 1.82) is 0 Å². The minimum atomic E-state index is 0. The van der Waals surface area contributed by atoms with Gasteiger partial charge in [-0.2, -0.15) is 0 Å². The number of rotatable bonds is 9. The molecule has 2 N–H and O–H groups in total. The van der Waals surface area contributed by atoms with E-state index in [0.717, 1.165) is 29.8 Å². The number of aromatic nitrogens is 1. The van der Waals surface area contributed by atoms with E-state index in [0.29, 0.717) is 25.7 Å². The van der Waals surface area contributed by atoms with Crippen molar-refractivity contribution in [1.82, 2.24) is 15.6 Å². The Hall–Kier alpha value is -1.19. The third kappa shape index (κ3) is 9.03. The number of benzene rings is 1. The topological polar surface area (TPSA) is 58.5 Å². The van der Waals surface area contributed by atoms with Gasteiger partial charge in [-0.25, -0.2) is 9.98 Å². The molecule has 0 bridgehead atoms. The van der Waals surface area contributed by atoms with E-state index >= 15 is 0 Å². The Labute approximate surface area is 184 Å². The van der Waals surface area contributed by atoms with E-state index in [9.17, 15) is 0 Å². The predicted molar refractivity (Wildman–Crippen MR) is 125 cm³/mol. The molecule has 0 saturated carbocycles. The van der Waals surface area contributed by atoms with Crippen LogP contribution >= 0.6 is 35.3 Å². The number of guanidine groups is 1. The van der Waals surface area contributed by atoms with Crippen LogP contribution in [0.5, 0.6) is 0 Å². The highest BCUT2D eigenvalue weighted by Crippen LogP contribution is 2.17. The van der Waals surface area contributed by atoms with Gasteiger partial charge in [-0.1, -0.05) is 37.3 Å². The Morgan fingerprint density at radius 3 is 2.59 bits per heavy atom. The Bertz CT molecular complexity index is 691. The molecule has 0 aliphatic carbocycles. The minimum absolute atomic E-state index is 0. The Morgan fingerprint density at radius 2 is 1.96 bits per heavy atom. The van der Waals surface area contributed by atoms with Crippen molar-refractivity contribution in [3.63, 3.8) is 0 Å². The van der Waals surface area contributed by atoms with Crippen LogP contribution in [-0.4, -0.2) is 30.6 Å². The molecule has 7 heteroatoms. The number of thiazole rings is 1. The molecule has 1 aromatic carbocycles. The van der Waals surface area contributed by atoms with Gasteiger partial charge in [-0.05, 0) is 32.3 Å². The second-order valence-electron chi connectivity index (χ2n) is 6.42. The van der Waals surface area contributed by atoms with E-state index in [1.165, 1.54) is 10.4 Å². The van der Waals surface area contributed by atoms with Gasteiger partial charge in [-0.3, -0.25) is 0 Å². The Balaban J connectivity index is 0.00000364. The molecule has 0 aliphatic heterocycles. The maximum Gasteiger partial charge on any atom is 0.191 e. The molecule has 1 aromatic heterocycles. The molecule has 0 amide bonds. The normalized spacial score (nSPS) is 12.4. The third-order valence-corrected chi connectivity index (χ3v) is 4.91. The van der Waals surface area contributed by atoms with Crippen LogP contribution in [0.15, 0.2) is 35.3 Å². The van der Waals surface area contributed by atoms with Gasteiger partial charge in [0.2, 0.25) is 0 Å². The SMILES string of the molecule is CCNC(=NCc1sc(C)nc1C)NCC(C)COCc1ccccc1.I. The fraction of sp³-hybridized carbons (Fsp3) is 0.500. The highest BCUT2D eigenvalue weighted by atomic mass is 127. The average molecular weight is 502 g/mol. The highest BCUT2D eigenvalue weighted by Gasteiger charge is 2.07. The summed E-state index contributed by atoms with van der Waals surface area (Å²) >= 11 is 1.71. The van der Waals surface area contributed by atoms with E-state index < -0.39 is 0 Å². The van der Waals surface area contributed by atoms with Gasteiger partial charge in [0.1, 0.15) is 0 Å². The van der Waals surface area contributed by atoms with Gasteiger partial charge in [0, 0.05) is 18.0 Å². The number of aliphatic imine (C=N–C) groups is 1. The first-order chi connectivity index (χ1) is 12.6. The van der Waals surface area contributed by atoms with Gasteiger partial charge in [0.25, 0.3) is 0 Å². The number of hydrogen-bond acceptors (Lipinski definition) is 4. The zero-order valence-corrected chi connectivity index (χ0v) is 19.8. The van der Waals surface area contributed by atoms with Crippen LogP contribution in [0, 0.1) is 19.8 Å². The lowest BCUT2D eigenvalue weighted by atomic mass is 10.2. The van der Waals surface area contributed by atoms with Gasteiger partial charge in [0.05, 0.1) is 30.5 Å². The van der Waals surface area contributed by atoms with Crippen molar-refractivity contribution < 1.29 is 4.74 Å². The summed E-state index contributed by atoms with van der Waals surface area (Å²) in [6.45, 7) is 12.0. The molecule has 0 aliphatic rings. The summed E-state index contributed by atoms with van der Waals surface area (Å²) in [6.07, 6.45) is 0. The lowest BCUT2D eigenvalue weighted by Crippen LogP contribution is -2.40. The van der Waals surface area contributed by atoms with E-state index in [2.05, 4.69) is 46.6 Å². The molecule has 0 fully saturated rings. The molecule has 2 aromatic rings. The second-order valence-corrected chi connectivity index (χ2v) is 7.71. The fourth-order valence-electron chi connectivity index (χ4n) is 2.49. The van der Waals surface area contributed by atoms with E-state index in [-0.39, 0.29) is 24.0 Å². The van der Waals surface area contributed by atoms with Crippen LogP contribution in [0.25, 0.3) is 0 Å². The van der Waals surface area contributed by atoms with E-state index in [1.807, 2.05) is 32.0 Å². The number of nitrogens with one attached hydrogen (secondary N) is 2. The molecule has 1 heterocycles. The molecular formula is C20H31IN4OS. The lowest BCUT2D eigenvalue weighted by Gasteiger charge is -2.16. The van der Waals surface area contributed by atoms with Crippen molar-refractivity contribution in [3.8, 4) is 0 Å². The lowest BCUT2D eigenvalue weighted by molar-refractivity contribution is 0.0931. The molecule has 1 atom stereocenters. The fourth-order valence-corrected chi connectivity index (χ4v) is 3.36. The van der Waals surface area contributed by atoms with Crippen LogP contribution in [0.2, 0.25) is 0 Å². The van der Waals surface area contributed by atoms with Gasteiger partial charge in [0.15, 0.2) is 5.96 Å². The molecule has 150 valence electrons. The standard InChI is InChI=1S/C20H30N4OS.HI/c1-5-21-20(23-12-19-16(3)24-17(4)26-19)22-11-15(2)13-25-14-18-9-7-6-8-10-18;/h6-10,15H,5,11-14H2,1-4H3,(H2,21,22,23);1H. The predicted octanol–water partition coefficient (Wildman–Crippen LogP) is 4.29. The summed E-state index contributed by atoms with van der Waals surface area (Å²) in [4.78, 5) is 10.4. The summed E-state index contributed by atoms with van der Waals surface area (Å²) < 4.78 is 5.81. The first-order valence-electron chi connectivity index (χ1n) is 9.15. The number of ether oxygens (including phenoxy) is 1. The van der Waals surface area contributed by atoms with Crippen LogP contribution in [-0.2, 0) is 17.9 Å². The zero-order chi connectivity index (χ0) is 18.8. The number of halogens is 1. The van der Waals surface area contributed by atoms with Crippen molar-refractivity contribution in [2.24, 2.45) is 10.9 Å². The second kappa shape index (κ2) is 13.1. The average Bonchev–Trinajstić information content (AvgIpc) is 2.95. The van der Waals surface area contributed by atoms with Crippen molar-refractivity contribution in [2.75, 3.05) is 19.7 Å². The van der Waals surface area contributed by atoms with Crippen LogP contribution in [0.4, 0.5) is 0 Å². The number of hydrogen-bond donors (Lipinski definition) is 2. The summed E-state index contributed by atoms with van der Waals surface area (Å²) in [5.41, 5.74) is 2.28. The highest BCUT2D eigenvalue weighted by molar-refractivity contribution is 14.0. The smallest absolute Gasteiger partial charge is 0.191 e. The number of nitrogens with zero attached hydrogens (tertiary/aromatic N) is 2. The Morgan fingerprint density at radius 1 is 1.22 bits per heavy atom. The number of aryl methyl sites for hydroxylation is 2. The van der Waals surface area contributed by atoms with Crippen LogP contribution < -0.4 is 10.6 Å². The third-order valence-electron chi connectivity index (χ3n) is 3.86. The van der Waals surface area contributed by atoms with E-state index in [1.54, 1.807) is 11.3 Å². The summed E-state index contributed by atoms with van der Waals surface area (Å²) in [7, 11) is 0. The van der Waals surface area contributed by atoms with Gasteiger partial charge in [-0.15, -0.1) is 35.3 Å². The maximum absolute atomic E-state index is 5.81. The van der Waals surface area contributed by atoms with E-state index in [4.69, 9.17) is 4.74 Å². The summed E-state index contributed by atoms with van der Waals surface area (Å²) in [6, 6.07) is 10.3. The Kier molecular flexibility index (Phi) is 11.5. The largest absolute Gasteiger partial charge is 0.376 e. The van der Waals surface area contributed by atoms with Crippen molar-refractivity contribution in [2.45, 2.75) is 40.8 Å². The van der Waals surface area contributed by atoms with Crippen molar-refractivity contribution in [3.05, 3.63) is 51.5 Å². The molecule has 0 saturated heterocycles. The first kappa shape index (κ1) is 23.8. The molecule has 5 nitrogen and oxygen atoms in total. The quantitative estimate of drug-likeness (QED) is 0.305. The van der Waals surface area contributed by atoms with Gasteiger partial charge >= 0.3 is 0 Å². The molecule has 2 rings (SSSR count). The maximum atomic E-state index is 5.81. The summed E-state index contributed by atoms with van der Waals surface area (Å²) in [5.74, 6) is 1.24. The molecular weight excluding hydrogens is 471 g/mol.